The molecule has 1 aromatic heterocycles. The number of benzene rings is 5. The Morgan fingerprint density at radius 3 is 1.88 bits per heavy atom. The van der Waals surface area contributed by atoms with E-state index in [0.29, 0.717) is 11.3 Å². The number of esters is 1. The van der Waals surface area contributed by atoms with Crippen LogP contribution >= 0.6 is 0 Å². The molecule has 0 bridgehead atoms. The maximum Gasteiger partial charge on any atom is 0.338 e. The predicted octanol–water partition coefficient (Wildman–Crippen LogP) is 7.57. The van der Waals surface area contributed by atoms with Crippen molar-refractivity contribution >= 4 is 49.3 Å². The molecular weight excluding hydrogens is 406 g/mol. The molecule has 0 amide bonds. The smallest absolute Gasteiger partial charge is 0.338 e. The number of nitrogens with zero attached hydrogens (tertiary/aromatic N) is 1. The first-order valence-corrected chi connectivity index (χ1v) is 10.9. The van der Waals surface area contributed by atoms with Crippen LogP contribution in [0.1, 0.15) is 6.92 Å². The van der Waals surface area contributed by atoms with Crippen molar-refractivity contribution < 1.29 is 9.53 Å². The fraction of sp³-hybridized carbons (Fsp3) is 0.0333. The molecule has 6 aromatic rings. The van der Waals surface area contributed by atoms with Crippen LogP contribution in [0.5, 0.6) is 5.75 Å². The van der Waals surface area contributed by atoms with E-state index in [-0.39, 0.29) is 0 Å². The van der Waals surface area contributed by atoms with Crippen LogP contribution in [0.2, 0.25) is 0 Å². The zero-order valence-corrected chi connectivity index (χ0v) is 18.2. The SMILES string of the molecule is C=C(C)C(=O)Oc1cccc(-n2c3ccc4ccccc4c3c3c4ccccc4ccc32)c1. The van der Waals surface area contributed by atoms with Gasteiger partial charge in [-0.1, -0.05) is 73.3 Å². The fourth-order valence-electron chi connectivity index (χ4n) is 4.71. The predicted molar refractivity (Wildman–Crippen MR) is 136 cm³/mol. The Bertz CT molecular complexity index is 1650. The first kappa shape index (κ1) is 19.3. The van der Waals surface area contributed by atoms with E-state index in [2.05, 4.69) is 83.9 Å². The average molecular weight is 428 g/mol. The number of hydrogen-bond acceptors (Lipinski definition) is 2. The minimum atomic E-state index is -0.425. The molecule has 3 heteroatoms. The molecule has 0 aliphatic heterocycles. The number of hydrogen-bond donors (Lipinski definition) is 0. The molecule has 33 heavy (non-hydrogen) atoms. The monoisotopic (exact) mass is 427 g/mol. The summed E-state index contributed by atoms with van der Waals surface area (Å²) >= 11 is 0. The van der Waals surface area contributed by atoms with Crippen LogP contribution in [0.4, 0.5) is 0 Å². The molecule has 0 saturated heterocycles. The average Bonchev–Trinajstić information content (AvgIpc) is 3.19. The lowest BCUT2D eigenvalue weighted by Crippen LogP contribution is -2.08. The highest BCUT2D eigenvalue weighted by Crippen LogP contribution is 2.40. The Kier molecular flexibility index (Phi) is 4.30. The fourth-order valence-corrected chi connectivity index (χ4v) is 4.71. The van der Waals surface area contributed by atoms with Gasteiger partial charge in [-0.3, -0.25) is 0 Å². The molecule has 1 heterocycles. The van der Waals surface area contributed by atoms with Crippen LogP contribution in [0.3, 0.4) is 0 Å². The normalized spacial score (nSPS) is 11.4. The maximum atomic E-state index is 12.1. The molecular formula is C30H21NO2. The molecule has 6 rings (SSSR count). The number of rotatable bonds is 3. The molecule has 0 fully saturated rings. The van der Waals surface area contributed by atoms with Crippen LogP contribution in [0, 0.1) is 0 Å². The summed E-state index contributed by atoms with van der Waals surface area (Å²) in [6.07, 6.45) is 0. The van der Waals surface area contributed by atoms with Gasteiger partial charge < -0.3 is 9.30 Å². The first-order chi connectivity index (χ1) is 16.1. The van der Waals surface area contributed by atoms with Crippen molar-refractivity contribution in [3.8, 4) is 11.4 Å². The summed E-state index contributed by atoms with van der Waals surface area (Å²) in [7, 11) is 0. The molecule has 0 saturated carbocycles. The Balaban J connectivity index is 1.73. The van der Waals surface area contributed by atoms with Gasteiger partial charge in [0.1, 0.15) is 5.75 Å². The largest absolute Gasteiger partial charge is 0.423 e. The summed E-state index contributed by atoms with van der Waals surface area (Å²) in [5, 5.41) is 7.32. The Morgan fingerprint density at radius 1 is 0.727 bits per heavy atom. The molecule has 3 nitrogen and oxygen atoms in total. The number of fused-ring (bicyclic) bond motifs is 7. The zero-order chi connectivity index (χ0) is 22.5. The van der Waals surface area contributed by atoms with E-state index >= 15 is 0 Å². The third-order valence-corrected chi connectivity index (χ3v) is 6.18. The molecule has 0 aliphatic carbocycles. The Labute approximate surface area is 191 Å². The number of carbonyl (C=O) groups excluding carboxylic acids is 1. The van der Waals surface area contributed by atoms with E-state index < -0.39 is 5.97 Å². The van der Waals surface area contributed by atoms with Gasteiger partial charge in [-0.2, -0.15) is 0 Å². The highest BCUT2D eigenvalue weighted by Gasteiger charge is 2.17. The van der Waals surface area contributed by atoms with Gasteiger partial charge in [0.05, 0.1) is 11.0 Å². The van der Waals surface area contributed by atoms with Crippen molar-refractivity contribution in [3.63, 3.8) is 0 Å². The van der Waals surface area contributed by atoms with Gasteiger partial charge in [-0.05, 0) is 52.7 Å². The van der Waals surface area contributed by atoms with Crippen molar-refractivity contribution in [3.05, 3.63) is 109 Å². The van der Waals surface area contributed by atoms with Crippen LogP contribution in [-0.2, 0) is 4.79 Å². The molecule has 5 aromatic carbocycles. The van der Waals surface area contributed by atoms with E-state index in [0.717, 1.165) is 16.7 Å². The third kappa shape index (κ3) is 3.01. The summed E-state index contributed by atoms with van der Waals surface area (Å²) in [6.45, 7) is 5.33. The van der Waals surface area contributed by atoms with Crippen molar-refractivity contribution in [1.82, 2.24) is 4.57 Å². The summed E-state index contributed by atoms with van der Waals surface area (Å²) in [5.41, 5.74) is 3.54. The number of ether oxygens (including phenoxy) is 1. The van der Waals surface area contributed by atoms with Crippen molar-refractivity contribution in [2.45, 2.75) is 6.92 Å². The number of carbonyl (C=O) groups is 1. The van der Waals surface area contributed by atoms with Crippen molar-refractivity contribution in [2.24, 2.45) is 0 Å². The van der Waals surface area contributed by atoms with Gasteiger partial charge in [-0.15, -0.1) is 0 Å². The summed E-state index contributed by atoms with van der Waals surface area (Å²) < 4.78 is 7.78. The third-order valence-electron chi connectivity index (χ3n) is 6.18. The quantitative estimate of drug-likeness (QED) is 0.166. The Morgan fingerprint density at radius 2 is 1.30 bits per heavy atom. The second kappa shape index (κ2) is 7.35. The second-order valence-electron chi connectivity index (χ2n) is 8.36. The molecule has 0 unspecified atom stereocenters. The van der Waals surface area contributed by atoms with E-state index in [9.17, 15) is 4.79 Å². The lowest BCUT2D eigenvalue weighted by molar-refractivity contribution is -0.130. The van der Waals surface area contributed by atoms with Gasteiger partial charge >= 0.3 is 5.97 Å². The molecule has 158 valence electrons. The van der Waals surface area contributed by atoms with Crippen LogP contribution < -0.4 is 4.74 Å². The highest BCUT2D eigenvalue weighted by molar-refractivity contribution is 6.28. The summed E-state index contributed by atoms with van der Waals surface area (Å²) in [5.74, 6) is 0.0726. The zero-order valence-electron chi connectivity index (χ0n) is 18.2. The summed E-state index contributed by atoms with van der Waals surface area (Å²) in [6, 6.07) is 33.4. The van der Waals surface area contributed by atoms with E-state index in [1.54, 1.807) is 13.0 Å². The van der Waals surface area contributed by atoms with E-state index in [1.165, 1.54) is 32.3 Å². The van der Waals surface area contributed by atoms with E-state index in [1.807, 2.05) is 18.2 Å². The molecule has 0 spiro atoms. The van der Waals surface area contributed by atoms with Gasteiger partial charge in [0, 0.05) is 28.1 Å². The maximum absolute atomic E-state index is 12.1. The lowest BCUT2D eigenvalue weighted by atomic mass is 10.00. The van der Waals surface area contributed by atoms with Crippen molar-refractivity contribution in [2.75, 3.05) is 0 Å². The minimum Gasteiger partial charge on any atom is -0.423 e. The highest BCUT2D eigenvalue weighted by atomic mass is 16.5. The summed E-state index contributed by atoms with van der Waals surface area (Å²) in [4.78, 5) is 12.1. The topological polar surface area (TPSA) is 31.2 Å². The van der Waals surface area contributed by atoms with Crippen LogP contribution in [0.25, 0.3) is 49.0 Å². The van der Waals surface area contributed by atoms with Gasteiger partial charge in [0.25, 0.3) is 0 Å². The molecule has 0 aliphatic rings. The van der Waals surface area contributed by atoms with Crippen molar-refractivity contribution in [1.29, 1.82) is 0 Å². The lowest BCUT2D eigenvalue weighted by Gasteiger charge is -2.11. The van der Waals surface area contributed by atoms with E-state index in [4.69, 9.17) is 4.74 Å². The Hall–Kier alpha value is -4.37. The first-order valence-electron chi connectivity index (χ1n) is 10.9. The van der Waals surface area contributed by atoms with Gasteiger partial charge in [-0.25, -0.2) is 4.79 Å². The second-order valence-corrected chi connectivity index (χ2v) is 8.36. The van der Waals surface area contributed by atoms with Gasteiger partial charge in [0.15, 0.2) is 0 Å². The minimum absolute atomic E-state index is 0.371. The number of aromatic nitrogens is 1. The standard InChI is InChI=1S/C30H21NO2/c1-19(2)30(32)33-23-11-7-10-22(18-23)31-26-16-14-20-8-3-5-12-24(20)28(26)29-25-13-6-4-9-21(25)15-17-27(29)31/h3-18H,1H2,2H3. The molecule has 0 radical (unpaired) electrons. The van der Waals surface area contributed by atoms with Crippen LogP contribution in [0.15, 0.2) is 109 Å². The van der Waals surface area contributed by atoms with Gasteiger partial charge in [0.2, 0.25) is 0 Å². The molecule has 0 N–H and O–H groups in total. The molecule has 0 atom stereocenters. The van der Waals surface area contributed by atoms with Crippen LogP contribution in [-0.4, -0.2) is 10.5 Å².